The van der Waals surface area contributed by atoms with Crippen LogP contribution in [-0.4, -0.2) is 36.0 Å². The molecule has 1 amide bonds. The molecule has 0 fully saturated rings. The van der Waals surface area contributed by atoms with Crippen molar-refractivity contribution in [2.45, 2.75) is 27.7 Å². The number of Topliss-reactive ketones (excluding diaryl/α,β-unsaturated/α-hetero) is 1. The Morgan fingerprint density at radius 2 is 1.85 bits per heavy atom. The number of aromatic nitrogens is 1. The quantitative estimate of drug-likeness (QED) is 0.617. The van der Waals surface area contributed by atoms with E-state index in [9.17, 15) is 14.4 Å². The fraction of sp³-hybridized carbons (Fsp3) is 0.316. The van der Waals surface area contributed by atoms with Crippen molar-refractivity contribution < 1.29 is 28.6 Å². The molecule has 0 bridgehead atoms. The lowest BCUT2D eigenvalue weighted by atomic mass is 10.1. The minimum atomic E-state index is -0.490. The molecule has 2 heterocycles. The predicted octanol–water partition coefficient (Wildman–Crippen LogP) is 2.99. The van der Waals surface area contributed by atoms with Crippen molar-refractivity contribution in [3.8, 4) is 11.5 Å². The highest BCUT2D eigenvalue weighted by Gasteiger charge is 2.25. The van der Waals surface area contributed by atoms with E-state index in [1.807, 2.05) is 0 Å². The van der Waals surface area contributed by atoms with Crippen LogP contribution in [-0.2, 0) is 4.74 Å². The van der Waals surface area contributed by atoms with E-state index in [1.165, 1.54) is 13.0 Å². The maximum Gasteiger partial charge on any atom is 0.340 e. The number of anilines is 1. The molecule has 1 aromatic carbocycles. The third kappa shape index (κ3) is 3.38. The van der Waals surface area contributed by atoms with Crippen molar-refractivity contribution in [2.75, 3.05) is 18.7 Å². The summed E-state index contributed by atoms with van der Waals surface area (Å²) >= 11 is 0. The van der Waals surface area contributed by atoms with Gasteiger partial charge in [-0.05, 0) is 39.3 Å². The van der Waals surface area contributed by atoms with Gasteiger partial charge in [-0.1, -0.05) is 0 Å². The van der Waals surface area contributed by atoms with E-state index >= 15 is 0 Å². The van der Waals surface area contributed by atoms with Gasteiger partial charge >= 0.3 is 5.97 Å². The van der Waals surface area contributed by atoms with Crippen LogP contribution < -0.4 is 14.8 Å². The Bertz CT molecular complexity index is 944. The number of amides is 1. The lowest BCUT2D eigenvalue weighted by Crippen LogP contribution is -2.16. The van der Waals surface area contributed by atoms with E-state index < -0.39 is 11.9 Å². The van der Waals surface area contributed by atoms with E-state index in [4.69, 9.17) is 14.2 Å². The maximum absolute atomic E-state index is 12.8. The van der Waals surface area contributed by atoms with Gasteiger partial charge in [0.15, 0.2) is 17.3 Å². The number of esters is 1. The van der Waals surface area contributed by atoms with Crippen LogP contribution in [0.2, 0.25) is 0 Å². The first-order valence-corrected chi connectivity index (χ1v) is 8.45. The van der Waals surface area contributed by atoms with E-state index in [0.29, 0.717) is 39.6 Å². The third-order valence-corrected chi connectivity index (χ3v) is 4.28. The second kappa shape index (κ2) is 7.14. The summed E-state index contributed by atoms with van der Waals surface area (Å²) in [7, 11) is 0. The van der Waals surface area contributed by atoms with Gasteiger partial charge in [-0.15, -0.1) is 0 Å². The Balaban J connectivity index is 1.94. The van der Waals surface area contributed by atoms with Crippen LogP contribution in [0, 0.1) is 13.8 Å². The van der Waals surface area contributed by atoms with Crippen LogP contribution in [0.15, 0.2) is 12.1 Å². The molecule has 3 rings (SSSR count). The first kappa shape index (κ1) is 18.5. The zero-order chi connectivity index (χ0) is 19.7. The first-order valence-electron chi connectivity index (χ1n) is 8.45. The molecule has 1 aliphatic heterocycles. The molecule has 0 spiro atoms. The highest BCUT2D eigenvalue weighted by Crippen LogP contribution is 2.37. The molecule has 1 aliphatic rings. The highest BCUT2D eigenvalue weighted by atomic mass is 16.7. The van der Waals surface area contributed by atoms with Gasteiger partial charge in [-0.25, -0.2) is 4.79 Å². The largest absolute Gasteiger partial charge is 0.462 e. The lowest BCUT2D eigenvalue weighted by molar-refractivity contribution is 0.0524. The fourth-order valence-electron chi connectivity index (χ4n) is 3.01. The maximum atomic E-state index is 12.8. The number of ketones is 1. The predicted molar refractivity (Wildman–Crippen MR) is 96.7 cm³/mol. The monoisotopic (exact) mass is 372 g/mol. The number of hydrogen-bond donors (Lipinski definition) is 2. The van der Waals surface area contributed by atoms with Gasteiger partial charge in [0, 0.05) is 17.3 Å². The van der Waals surface area contributed by atoms with Gasteiger partial charge in [0.05, 0.1) is 17.9 Å². The fourth-order valence-corrected chi connectivity index (χ4v) is 3.01. The van der Waals surface area contributed by atoms with Gasteiger partial charge < -0.3 is 24.5 Å². The number of H-pyrrole nitrogens is 1. The number of rotatable bonds is 5. The van der Waals surface area contributed by atoms with Crippen LogP contribution in [0.4, 0.5) is 5.69 Å². The van der Waals surface area contributed by atoms with E-state index in [2.05, 4.69) is 10.3 Å². The van der Waals surface area contributed by atoms with Gasteiger partial charge in [0.1, 0.15) is 5.69 Å². The molecular formula is C19H20N2O6. The van der Waals surface area contributed by atoms with E-state index in [-0.39, 0.29) is 24.9 Å². The molecule has 0 aliphatic carbocycles. The van der Waals surface area contributed by atoms with Crippen LogP contribution in [0.3, 0.4) is 0 Å². The van der Waals surface area contributed by atoms with Crippen molar-refractivity contribution in [3.05, 3.63) is 40.2 Å². The molecule has 27 heavy (non-hydrogen) atoms. The van der Waals surface area contributed by atoms with Crippen LogP contribution >= 0.6 is 0 Å². The van der Waals surface area contributed by atoms with Gasteiger partial charge in [0.25, 0.3) is 5.91 Å². The summed E-state index contributed by atoms with van der Waals surface area (Å²) in [6.45, 7) is 6.77. The molecule has 0 saturated carbocycles. The first-order chi connectivity index (χ1) is 12.8. The van der Waals surface area contributed by atoms with Crippen molar-refractivity contribution in [1.82, 2.24) is 4.98 Å². The van der Waals surface area contributed by atoms with Gasteiger partial charge in [-0.2, -0.15) is 0 Å². The molecule has 0 radical (unpaired) electrons. The minimum absolute atomic E-state index is 0.0574. The number of hydrogen-bond acceptors (Lipinski definition) is 6. The number of nitrogens with one attached hydrogen (secondary N) is 2. The van der Waals surface area contributed by atoms with Crippen molar-refractivity contribution in [3.63, 3.8) is 0 Å². The number of ether oxygens (including phenoxy) is 3. The number of carbonyl (C=O) groups excluding carboxylic acids is 3. The smallest absolute Gasteiger partial charge is 0.340 e. The Labute approximate surface area is 155 Å². The third-order valence-electron chi connectivity index (χ3n) is 4.28. The molecule has 142 valence electrons. The van der Waals surface area contributed by atoms with Gasteiger partial charge in [-0.3, -0.25) is 9.59 Å². The molecule has 1 aromatic heterocycles. The second-order valence-corrected chi connectivity index (χ2v) is 6.11. The average molecular weight is 372 g/mol. The zero-order valence-electron chi connectivity index (χ0n) is 15.5. The average Bonchev–Trinajstić information content (AvgIpc) is 3.17. The molecule has 0 saturated heterocycles. The number of aromatic amines is 1. The molecule has 2 N–H and O–H groups in total. The Kier molecular flexibility index (Phi) is 4.89. The van der Waals surface area contributed by atoms with Crippen molar-refractivity contribution in [1.29, 1.82) is 0 Å². The standard InChI is InChI=1S/C19H20N2O6/c1-5-25-19(24)16-9(2)17(20-10(16)3)18(23)21-13-7-15-14(26-8-27-15)6-12(13)11(4)22/h6-7,20H,5,8H2,1-4H3,(H,21,23). The Morgan fingerprint density at radius 3 is 2.48 bits per heavy atom. The summed E-state index contributed by atoms with van der Waals surface area (Å²) in [6.07, 6.45) is 0. The van der Waals surface area contributed by atoms with E-state index in [0.717, 1.165) is 0 Å². The van der Waals surface area contributed by atoms with Crippen molar-refractivity contribution in [2.24, 2.45) is 0 Å². The summed E-state index contributed by atoms with van der Waals surface area (Å²) in [4.78, 5) is 39.8. The molecule has 2 aromatic rings. The van der Waals surface area contributed by atoms with Crippen molar-refractivity contribution >= 4 is 23.3 Å². The number of benzene rings is 1. The van der Waals surface area contributed by atoms with E-state index in [1.54, 1.807) is 26.8 Å². The Morgan fingerprint density at radius 1 is 1.19 bits per heavy atom. The lowest BCUT2D eigenvalue weighted by Gasteiger charge is -2.10. The van der Waals surface area contributed by atoms with Crippen LogP contribution in [0.5, 0.6) is 11.5 Å². The molecule has 8 heteroatoms. The zero-order valence-corrected chi connectivity index (χ0v) is 15.5. The number of fused-ring (bicyclic) bond motifs is 1. The molecule has 8 nitrogen and oxygen atoms in total. The highest BCUT2D eigenvalue weighted by molar-refractivity contribution is 6.10. The summed E-state index contributed by atoms with van der Waals surface area (Å²) in [5.41, 5.74) is 2.18. The summed E-state index contributed by atoms with van der Waals surface area (Å²) in [5, 5.41) is 2.71. The number of aryl methyl sites for hydroxylation is 1. The summed E-state index contributed by atoms with van der Waals surface area (Å²) < 4.78 is 15.6. The summed E-state index contributed by atoms with van der Waals surface area (Å²) in [6, 6.07) is 3.09. The van der Waals surface area contributed by atoms with Crippen LogP contribution in [0.25, 0.3) is 0 Å². The molecule has 0 atom stereocenters. The SMILES string of the molecule is CCOC(=O)c1c(C)[nH]c(C(=O)Nc2cc3c(cc2C(C)=O)OCO3)c1C. The summed E-state index contributed by atoms with van der Waals surface area (Å²) in [5.74, 6) is -0.297. The molecule has 0 unspecified atom stereocenters. The van der Waals surface area contributed by atoms with Crippen LogP contribution in [0.1, 0.15) is 56.3 Å². The Hall–Kier alpha value is -3.29. The molecular weight excluding hydrogens is 352 g/mol. The topological polar surface area (TPSA) is 107 Å². The minimum Gasteiger partial charge on any atom is -0.462 e. The normalized spacial score (nSPS) is 12.0. The second-order valence-electron chi connectivity index (χ2n) is 6.11. The van der Waals surface area contributed by atoms with Gasteiger partial charge in [0.2, 0.25) is 6.79 Å². The number of carbonyl (C=O) groups is 3.